The molecule has 0 aliphatic carbocycles. The molecule has 2 heteroatoms. The van der Waals surface area contributed by atoms with Gasteiger partial charge in [0.1, 0.15) is 0 Å². The van der Waals surface area contributed by atoms with Crippen molar-refractivity contribution in [3.63, 3.8) is 0 Å². The molecular weight excluding hydrogens is 148 g/mol. The molecule has 2 nitrogen and oxygen atoms in total. The van der Waals surface area contributed by atoms with E-state index >= 15 is 0 Å². The third kappa shape index (κ3) is 2.96. The minimum absolute atomic E-state index is 0.453. The van der Waals surface area contributed by atoms with Gasteiger partial charge in [-0.3, -0.25) is 0 Å². The molecule has 0 aromatic rings. The molecule has 0 aromatic heterocycles. The zero-order valence-corrected chi connectivity index (χ0v) is 8.63. The van der Waals surface area contributed by atoms with Crippen LogP contribution in [0.25, 0.3) is 0 Å². The maximum Gasteiger partial charge on any atom is 0.0930 e. The maximum atomic E-state index is 8.50. The summed E-state index contributed by atoms with van der Waals surface area (Å²) < 4.78 is 0. The van der Waals surface area contributed by atoms with Crippen LogP contribution in [0.1, 0.15) is 34.6 Å². The summed E-state index contributed by atoms with van der Waals surface area (Å²) in [5.74, 6) is 0. The van der Waals surface area contributed by atoms with Gasteiger partial charge in [0, 0.05) is 23.9 Å². The fourth-order valence-corrected chi connectivity index (χ4v) is 1.58. The third-order valence-electron chi connectivity index (χ3n) is 1.79. The van der Waals surface area contributed by atoms with Crippen LogP contribution in [0.5, 0.6) is 0 Å². The van der Waals surface area contributed by atoms with E-state index in [0.717, 1.165) is 5.70 Å². The highest BCUT2D eigenvalue weighted by Crippen LogP contribution is 2.12. The number of hydrogen-bond donors (Lipinski definition) is 0. The van der Waals surface area contributed by atoms with Gasteiger partial charge in [-0.25, -0.2) is 0 Å². The second-order valence-corrected chi connectivity index (χ2v) is 3.51. The number of nitrogens with zero attached hydrogens (tertiary/aromatic N) is 2. The van der Waals surface area contributed by atoms with Gasteiger partial charge in [-0.2, -0.15) is 5.26 Å². The average molecular weight is 166 g/mol. The summed E-state index contributed by atoms with van der Waals surface area (Å²) in [6, 6.07) is 2.96. The first-order chi connectivity index (χ1) is 5.50. The molecule has 0 aliphatic heterocycles. The van der Waals surface area contributed by atoms with Crippen LogP contribution >= 0.6 is 0 Å². The zero-order chi connectivity index (χ0) is 9.72. The summed E-state index contributed by atoms with van der Waals surface area (Å²) in [7, 11) is 0. The van der Waals surface area contributed by atoms with Crippen molar-refractivity contribution in [1.29, 1.82) is 5.26 Å². The van der Waals surface area contributed by atoms with Gasteiger partial charge in [-0.05, 0) is 34.6 Å². The van der Waals surface area contributed by atoms with Gasteiger partial charge in [-0.1, -0.05) is 0 Å². The Morgan fingerprint density at radius 2 is 1.67 bits per heavy atom. The minimum Gasteiger partial charge on any atom is -0.370 e. The van der Waals surface area contributed by atoms with Gasteiger partial charge in [0.2, 0.25) is 0 Å². The molecule has 0 unspecified atom stereocenters. The highest BCUT2D eigenvalue weighted by molar-refractivity contribution is 5.11. The van der Waals surface area contributed by atoms with Crippen LogP contribution in [0.3, 0.4) is 0 Å². The smallest absolute Gasteiger partial charge is 0.0930 e. The number of hydrogen-bond acceptors (Lipinski definition) is 2. The summed E-state index contributed by atoms with van der Waals surface area (Å²) in [6.45, 7) is 10.5. The van der Waals surface area contributed by atoms with Crippen LogP contribution in [0.2, 0.25) is 0 Å². The maximum absolute atomic E-state index is 8.50. The van der Waals surface area contributed by atoms with Crippen molar-refractivity contribution in [3.8, 4) is 6.07 Å². The van der Waals surface area contributed by atoms with Crippen LogP contribution < -0.4 is 0 Å². The van der Waals surface area contributed by atoms with Gasteiger partial charge >= 0.3 is 0 Å². The van der Waals surface area contributed by atoms with Crippen molar-refractivity contribution in [1.82, 2.24) is 4.90 Å². The molecule has 0 rings (SSSR count). The molecule has 68 valence electrons. The van der Waals surface area contributed by atoms with Crippen molar-refractivity contribution < 1.29 is 0 Å². The SMILES string of the molecule is C/C(=C/C#N)N(C(C)C)C(C)C. The highest BCUT2D eigenvalue weighted by atomic mass is 15.2. The van der Waals surface area contributed by atoms with E-state index in [2.05, 4.69) is 38.7 Å². The third-order valence-corrected chi connectivity index (χ3v) is 1.79. The number of rotatable bonds is 3. The van der Waals surface area contributed by atoms with Crippen molar-refractivity contribution in [2.24, 2.45) is 0 Å². The van der Waals surface area contributed by atoms with Gasteiger partial charge < -0.3 is 4.90 Å². The number of nitriles is 1. The monoisotopic (exact) mass is 166 g/mol. The van der Waals surface area contributed by atoms with Crippen molar-refractivity contribution in [2.75, 3.05) is 0 Å². The molecule has 0 aromatic carbocycles. The predicted octanol–water partition coefficient (Wildman–Crippen LogP) is 2.53. The van der Waals surface area contributed by atoms with Crippen LogP contribution in [-0.2, 0) is 0 Å². The fraction of sp³-hybridized carbons (Fsp3) is 0.700. The Morgan fingerprint density at radius 1 is 1.25 bits per heavy atom. The Kier molecular flexibility index (Phi) is 4.43. The molecule has 0 atom stereocenters. The molecule has 0 fully saturated rings. The predicted molar refractivity (Wildman–Crippen MR) is 51.5 cm³/mol. The lowest BCUT2D eigenvalue weighted by molar-refractivity contribution is 0.232. The van der Waals surface area contributed by atoms with Gasteiger partial charge in [0.25, 0.3) is 0 Å². The highest BCUT2D eigenvalue weighted by Gasteiger charge is 2.12. The first kappa shape index (κ1) is 11.0. The van der Waals surface area contributed by atoms with E-state index in [9.17, 15) is 0 Å². The lowest BCUT2D eigenvalue weighted by Crippen LogP contribution is -2.35. The molecule has 0 saturated heterocycles. The molecular formula is C10H18N2. The van der Waals surface area contributed by atoms with E-state index in [1.807, 2.05) is 6.92 Å². The molecule has 0 spiro atoms. The molecule has 0 N–H and O–H groups in total. The minimum atomic E-state index is 0.453. The van der Waals surface area contributed by atoms with Crippen LogP contribution in [0, 0.1) is 11.3 Å². The molecule has 12 heavy (non-hydrogen) atoms. The summed E-state index contributed by atoms with van der Waals surface area (Å²) in [5, 5.41) is 8.50. The lowest BCUT2D eigenvalue weighted by atomic mass is 10.2. The normalized spacial score (nSPS) is 12.0. The Morgan fingerprint density at radius 3 is 1.92 bits per heavy atom. The van der Waals surface area contributed by atoms with E-state index in [0.29, 0.717) is 12.1 Å². The molecule has 0 saturated carbocycles. The number of allylic oxidation sites excluding steroid dienone is 2. The second kappa shape index (κ2) is 4.82. The van der Waals surface area contributed by atoms with Crippen LogP contribution in [-0.4, -0.2) is 17.0 Å². The second-order valence-electron chi connectivity index (χ2n) is 3.51. The van der Waals surface area contributed by atoms with E-state index in [-0.39, 0.29) is 0 Å². The van der Waals surface area contributed by atoms with Crippen LogP contribution in [0.15, 0.2) is 11.8 Å². The summed E-state index contributed by atoms with van der Waals surface area (Å²) >= 11 is 0. The van der Waals surface area contributed by atoms with Crippen molar-refractivity contribution in [3.05, 3.63) is 11.8 Å². The summed E-state index contributed by atoms with van der Waals surface area (Å²) in [4.78, 5) is 2.23. The van der Waals surface area contributed by atoms with E-state index < -0.39 is 0 Å². The quantitative estimate of drug-likeness (QED) is 0.602. The fourth-order valence-electron chi connectivity index (χ4n) is 1.58. The van der Waals surface area contributed by atoms with E-state index in [1.54, 1.807) is 6.08 Å². The molecule has 0 radical (unpaired) electrons. The van der Waals surface area contributed by atoms with Gasteiger partial charge in [-0.15, -0.1) is 0 Å². The molecule has 0 bridgehead atoms. The van der Waals surface area contributed by atoms with Crippen LogP contribution in [0.4, 0.5) is 0 Å². The summed E-state index contributed by atoms with van der Waals surface area (Å²) in [5.41, 5.74) is 1.04. The van der Waals surface area contributed by atoms with E-state index in [1.165, 1.54) is 0 Å². The lowest BCUT2D eigenvalue weighted by Gasteiger charge is -2.33. The largest absolute Gasteiger partial charge is 0.370 e. The Bertz CT molecular complexity index is 188. The summed E-state index contributed by atoms with van der Waals surface area (Å²) in [6.07, 6.45) is 1.60. The topological polar surface area (TPSA) is 27.0 Å². The molecule has 0 amide bonds. The van der Waals surface area contributed by atoms with Crippen molar-refractivity contribution in [2.45, 2.75) is 46.7 Å². The Hall–Kier alpha value is -0.970. The van der Waals surface area contributed by atoms with Crippen molar-refractivity contribution >= 4 is 0 Å². The van der Waals surface area contributed by atoms with Gasteiger partial charge in [0.15, 0.2) is 0 Å². The van der Waals surface area contributed by atoms with Gasteiger partial charge in [0.05, 0.1) is 6.07 Å². The first-order valence-electron chi connectivity index (χ1n) is 4.35. The standard InChI is InChI=1S/C10H18N2/c1-8(2)12(9(3)4)10(5)6-7-11/h6,8-9H,1-5H3/b10-6-. The average Bonchev–Trinajstić information content (AvgIpc) is 1.85. The Balaban J connectivity index is 4.54. The molecule has 0 heterocycles. The zero-order valence-electron chi connectivity index (χ0n) is 8.63. The first-order valence-corrected chi connectivity index (χ1v) is 4.35. The van der Waals surface area contributed by atoms with E-state index in [4.69, 9.17) is 5.26 Å². The molecule has 0 aliphatic rings. The Labute approximate surface area is 75.5 Å².